The molecule has 0 bridgehead atoms. The molecule has 0 radical (unpaired) electrons. The lowest BCUT2D eigenvalue weighted by molar-refractivity contribution is 0.546. The standard InChI is InChI=1S/C14H14FNO/c1-9-5-6-16-8-11(9)13-7-10-3-2-4-12(15)14(10)17-13/h2-4,7,16H,5-6,8H2,1H3. The molecule has 0 saturated heterocycles. The molecular weight excluding hydrogens is 217 g/mol. The Morgan fingerprint density at radius 1 is 1.35 bits per heavy atom. The highest BCUT2D eigenvalue weighted by atomic mass is 19.1. The molecule has 0 aliphatic carbocycles. The van der Waals surface area contributed by atoms with Crippen LogP contribution >= 0.6 is 0 Å². The fraction of sp³-hybridized carbons (Fsp3) is 0.286. The van der Waals surface area contributed by atoms with Gasteiger partial charge in [0.25, 0.3) is 0 Å². The first-order valence-electron chi connectivity index (χ1n) is 5.83. The van der Waals surface area contributed by atoms with Gasteiger partial charge in [-0.2, -0.15) is 0 Å². The number of benzene rings is 1. The second-order valence-electron chi connectivity index (χ2n) is 4.45. The van der Waals surface area contributed by atoms with Crippen molar-refractivity contribution in [2.24, 2.45) is 0 Å². The van der Waals surface area contributed by atoms with E-state index in [2.05, 4.69) is 12.2 Å². The van der Waals surface area contributed by atoms with Crippen molar-refractivity contribution in [1.29, 1.82) is 0 Å². The topological polar surface area (TPSA) is 25.2 Å². The van der Waals surface area contributed by atoms with Crippen molar-refractivity contribution in [3.8, 4) is 0 Å². The summed E-state index contributed by atoms with van der Waals surface area (Å²) in [5, 5.41) is 4.14. The van der Waals surface area contributed by atoms with Crippen LogP contribution < -0.4 is 5.32 Å². The van der Waals surface area contributed by atoms with Crippen LogP contribution in [0.4, 0.5) is 4.39 Å². The monoisotopic (exact) mass is 231 g/mol. The van der Waals surface area contributed by atoms with E-state index in [0.717, 1.165) is 36.2 Å². The van der Waals surface area contributed by atoms with Crippen LogP contribution in [0.1, 0.15) is 19.1 Å². The molecule has 17 heavy (non-hydrogen) atoms. The van der Waals surface area contributed by atoms with Gasteiger partial charge in [0.1, 0.15) is 5.76 Å². The zero-order chi connectivity index (χ0) is 11.8. The molecular formula is C14H14FNO. The summed E-state index contributed by atoms with van der Waals surface area (Å²) in [6, 6.07) is 6.93. The Morgan fingerprint density at radius 3 is 3.00 bits per heavy atom. The minimum Gasteiger partial charge on any atom is -0.453 e. The highest BCUT2D eigenvalue weighted by Crippen LogP contribution is 2.29. The van der Waals surface area contributed by atoms with Crippen molar-refractivity contribution in [2.45, 2.75) is 13.3 Å². The van der Waals surface area contributed by atoms with Crippen LogP contribution in [0.15, 0.2) is 34.3 Å². The molecule has 0 saturated carbocycles. The van der Waals surface area contributed by atoms with Crippen LogP contribution in [0.5, 0.6) is 0 Å². The Hall–Kier alpha value is -1.61. The third-order valence-electron chi connectivity index (χ3n) is 3.29. The summed E-state index contributed by atoms with van der Waals surface area (Å²) in [5.41, 5.74) is 2.84. The predicted molar refractivity (Wildman–Crippen MR) is 66.3 cm³/mol. The average Bonchev–Trinajstić information content (AvgIpc) is 2.75. The molecule has 1 aromatic heterocycles. The van der Waals surface area contributed by atoms with Gasteiger partial charge in [-0.1, -0.05) is 17.7 Å². The van der Waals surface area contributed by atoms with E-state index in [0.29, 0.717) is 5.58 Å². The Balaban J connectivity index is 2.15. The lowest BCUT2D eigenvalue weighted by Gasteiger charge is -2.16. The first kappa shape index (κ1) is 10.5. The Kier molecular flexibility index (Phi) is 2.48. The van der Waals surface area contributed by atoms with E-state index >= 15 is 0 Å². The third-order valence-corrected chi connectivity index (χ3v) is 3.29. The fourth-order valence-electron chi connectivity index (χ4n) is 2.26. The zero-order valence-electron chi connectivity index (χ0n) is 9.72. The van der Waals surface area contributed by atoms with Gasteiger partial charge in [-0.05, 0) is 32.0 Å². The van der Waals surface area contributed by atoms with E-state index < -0.39 is 0 Å². The van der Waals surface area contributed by atoms with Gasteiger partial charge in [0.2, 0.25) is 0 Å². The minimum atomic E-state index is -0.296. The third kappa shape index (κ3) is 1.76. The summed E-state index contributed by atoms with van der Waals surface area (Å²) in [7, 11) is 0. The smallest absolute Gasteiger partial charge is 0.170 e. The number of hydrogen-bond acceptors (Lipinski definition) is 2. The molecule has 0 spiro atoms. The normalized spacial score (nSPS) is 16.8. The van der Waals surface area contributed by atoms with Gasteiger partial charge in [-0.15, -0.1) is 0 Å². The van der Waals surface area contributed by atoms with Gasteiger partial charge < -0.3 is 9.73 Å². The van der Waals surface area contributed by atoms with Crippen LogP contribution in [0.2, 0.25) is 0 Å². The largest absolute Gasteiger partial charge is 0.453 e. The van der Waals surface area contributed by atoms with Crippen molar-refractivity contribution in [2.75, 3.05) is 13.1 Å². The predicted octanol–water partition coefficient (Wildman–Crippen LogP) is 3.34. The summed E-state index contributed by atoms with van der Waals surface area (Å²) < 4.78 is 19.2. The number of fused-ring (bicyclic) bond motifs is 1. The van der Waals surface area contributed by atoms with Crippen LogP contribution in [0.3, 0.4) is 0 Å². The van der Waals surface area contributed by atoms with Gasteiger partial charge in [0, 0.05) is 17.5 Å². The van der Waals surface area contributed by atoms with Crippen molar-refractivity contribution >= 4 is 16.5 Å². The molecule has 2 heterocycles. The van der Waals surface area contributed by atoms with Crippen molar-refractivity contribution < 1.29 is 8.81 Å². The van der Waals surface area contributed by atoms with E-state index in [9.17, 15) is 4.39 Å². The van der Waals surface area contributed by atoms with Crippen molar-refractivity contribution in [3.05, 3.63) is 41.4 Å². The summed E-state index contributed by atoms with van der Waals surface area (Å²) in [6.07, 6.45) is 1.02. The molecule has 2 nitrogen and oxygen atoms in total. The van der Waals surface area contributed by atoms with Crippen LogP contribution in [0, 0.1) is 5.82 Å². The molecule has 0 amide bonds. The lowest BCUT2D eigenvalue weighted by Crippen LogP contribution is -2.23. The van der Waals surface area contributed by atoms with Crippen LogP contribution in [0.25, 0.3) is 16.5 Å². The number of halogens is 1. The number of nitrogens with one attached hydrogen (secondary N) is 1. The second-order valence-corrected chi connectivity index (χ2v) is 4.45. The maximum Gasteiger partial charge on any atom is 0.170 e. The van der Waals surface area contributed by atoms with E-state index in [1.807, 2.05) is 12.1 Å². The molecule has 1 aliphatic heterocycles. The van der Waals surface area contributed by atoms with E-state index in [1.165, 1.54) is 11.6 Å². The summed E-state index contributed by atoms with van der Waals surface area (Å²) in [6.45, 7) is 3.91. The highest BCUT2D eigenvalue weighted by Gasteiger charge is 2.16. The Labute approximate surface area is 99.1 Å². The SMILES string of the molecule is CC1=C(c2cc3cccc(F)c3o2)CNCC1. The van der Waals surface area contributed by atoms with Gasteiger partial charge in [0.05, 0.1) is 0 Å². The summed E-state index contributed by atoms with van der Waals surface area (Å²) in [4.78, 5) is 0. The number of furan rings is 1. The van der Waals surface area contributed by atoms with E-state index in [1.54, 1.807) is 6.07 Å². The first-order chi connectivity index (χ1) is 8.25. The average molecular weight is 231 g/mol. The second kappa shape index (κ2) is 4.00. The molecule has 2 aromatic rings. The lowest BCUT2D eigenvalue weighted by atomic mass is 10.0. The molecule has 1 aliphatic rings. The highest BCUT2D eigenvalue weighted by molar-refractivity contribution is 5.83. The molecule has 88 valence electrons. The molecule has 3 heteroatoms. The van der Waals surface area contributed by atoms with Crippen molar-refractivity contribution in [3.63, 3.8) is 0 Å². The maximum atomic E-state index is 13.5. The number of hydrogen-bond donors (Lipinski definition) is 1. The van der Waals surface area contributed by atoms with Gasteiger partial charge in [-0.3, -0.25) is 0 Å². The van der Waals surface area contributed by atoms with E-state index in [-0.39, 0.29) is 5.82 Å². The van der Waals surface area contributed by atoms with Gasteiger partial charge in [-0.25, -0.2) is 4.39 Å². The van der Waals surface area contributed by atoms with Crippen LogP contribution in [-0.4, -0.2) is 13.1 Å². The fourth-order valence-corrected chi connectivity index (χ4v) is 2.26. The quantitative estimate of drug-likeness (QED) is 0.814. The Bertz CT molecular complexity index is 597. The van der Waals surface area contributed by atoms with Gasteiger partial charge >= 0.3 is 0 Å². The van der Waals surface area contributed by atoms with Crippen LogP contribution in [-0.2, 0) is 0 Å². The van der Waals surface area contributed by atoms with Gasteiger partial charge in [0.15, 0.2) is 11.4 Å². The maximum absolute atomic E-state index is 13.5. The molecule has 0 unspecified atom stereocenters. The zero-order valence-corrected chi connectivity index (χ0v) is 9.72. The molecule has 0 atom stereocenters. The number of para-hydroxylation sites is 1. The minimum absolute atomic E-state index is 0.296. The Morgan fingerprint density at radius 2 is 2.24 bits per heavy atom. The molecule has 1 N–H and O–H groups in total. The molecule has 3 rings (SSSR count). The first-order valence-corrected chi connectivity index (χ1v) is 5.83. The molecule has 1 aromatic carbocycles. The van der Waals surface area contributed by atoms with Crippen molar-refractivity contribution in [1.82, 2.24) is 5.32 Å². The molecule has 0 fully saturated rings. The summed E-state index contributed by atoms with van der Waals surface area (Å²) >= 11 is 0. The van der Waals surface area contributed by atoms with E-state index in [4.69, 9.17) is 4.42 Å². The number of rotatable bonds is 1. The summed E-state index contributed by atoms with van der Waals surface area (Å²) in [5.74, 6) is 0.491.